The third-order valence-corrected chi connectivity index (χ3v) is 5.01. The van der Waals surface area contributed by atoms with Gasteiger partial charge in [-0.15, -0.1) is 0 Å². The Morgan fingerprint density at radius 1 is 0.750 bits per heavy atom. The van der Waals surface area contributed by atoms with Gasteiger partial charge in [-0.05, 0) is 49.2 Å². The summed E-state index contributed by atoms with van der Waals surface area (Å²) in [6, 6.07) is 8.74. The van der Waals surface area contributed by atoms with Crippen molar-refractivity contribution < 1.29 is 28.0 Å². The predicted octanol–water partition coefficient (Wildman–Crippen LogP) is 1.49. The molecule has 32 heavy (non-hydrogen) atoms. The quantitative estimate of drug-likeness (QED) is 0.438. The minimum atomic E-state index is -1.41. The van der Waals surface area contributed by atoms with Crippen LogP contribution in [0.5, 0.6) is 0 Å². The van der Waals surface area contributed by atoms with Gasteiger partial charge in [-0.1, -0.05) is 24.3 Å². The zero-order valence-corrected chi connectivity index (χ0v) is 16.9. The van der Waals surface area contributed by atoms with Crippen molar-refractivity contribution in [1.29, 1.82) is 0 Å². The van der Waals surface area contributed by atoms with E-state index in [1.807, 2.05) is 0 Å². The van der Waals surface area contributed by atoms with E-state index in [4.69, 9.17) is 21.1 Å². The topological polar surface area (TPSA) is 114 Å². The number of carbonyl (C=O) groups is 2. The predicted molar refractivity (Wildman–Crippen MR) is 112 cm³/mol. The summed E-state index contributed by atoms with van der Waals surface area (Å²) in [5, 5.41) is 1.00. The Morgan fingerprint density at radius 2 is 1.16 bits per heavy atom. The second-order valence-electron chi connectivity index (χ2n) is 7.07. The van der Waals surface area contributed by atoms with Gasteiger partial charge in [-0.3, -0.25) is 0 Å². The summed E-state index contributed by atoms with van der Waals surface area (Å²) < 4.78 is 30.5. The highest BCUT2D eigenvalue weighted by Gasteiger charge is 2.25. The van der Waals surface area contributed by atoms with E-state index in [0.717, 1.165) is 9.46 Å². The molecule has 0 radical (unpaired) electrons. The molecule has 0 fully saturated rings. The van der Waals surface area contributed by atoms with Gasteiger partial charge >= 0.3 is 11.9 Å². The molecule has 4 rings (SSSR count). The number of nitrogens with two attached hydrogens (primary N) is 2. The maximum atomic E-state index is 14.4. The molecule has 2 aromatic heterocycles. The molecule has 8 nitrogen and oxygen atoms in total. The van der Waals surface area contributed by atoms with E-state index in [2.05, 4.69) is 0 Å². The van der Waals surface area contributed by atoms with E-state index in [9.17, 15) is 18.4 Å². The molecule has 0 bridgehead atoms. The van der Waals surface area contributed by atoms with E-state index >= 15 is 0 Å². The smallest absolute Gasteiger partial charge is 0.330 e. The van der Waals surface area contributed by atoms with Gasteiger partial charge in [-0.25, -0.2) is 18.4 Å². The first-order valence-electron chi connectivity index (χ1n) is 9.86. The van der Waals surface area contributed by atoms with Crippen LogP contribution in [0, 0.1) is 11.6 Å². The molecule has 0 aliphatic heterocycles. The lowest BCUT2D eigenvalue weighted by Crippen LogP contribution is -2.34. The molecule has 2 heterocycles. The SMILES string of the molecule is NCCc1cn(OC(=O)C(=O)On2cc(CCN)c3cccc(F)c32)c2c(F)cccc12. The molecule has 0 saturated heterocycles. The summed E-state index contributed by atoms with van der Waals surface area (Å²) >= 11 is 0. The molecular weight excluding hydrogens is 422 g/mol. The lowest BCUT2D eigenvalue weighted by molar-refractivity contribution is -0.167. The monoisotopic (exact) mass is 442 g/mol. The first-order chi connectivity index (χ1) is 15.4. The van der Waals surface area contributed by atoms with Crippen molar-refractivity contribution in [2.24, 2.45) is 11.5 Å². The van der Waals surface area contributed by atoms with Gasteiger partial charge in [-0.2, -0.15) is 9.46 Å². The average Bonchev–Trinajstić information content (AvgIpc) is 3.29. The Kier molecular flexibility index (Phi) is 5.89. The van der Waals surface area contributed by atoms with Crippen molar-refractivity contribution in [3.63, 3.8) is 0 Å². The summed E-state index contributed by atoms with van der Waals surface area (Å²) in [6.07, 6.45) is 3.59. The van der Waals surface area contributed by atoms with Crippen LogP contribution in [0.2, 0.25) is 0 Å². The van der Waals surface area contributed by atoms with Crippen LogP contribution < -0.4 is 21.1 Å². The lowest BCUT2D eigenvalue weighted by Gasteiger charge is -2.08. The molecule has 0 atom stereocenters. The molecule has 0 amide bonds. The number of aromatic nitrogens is 2. The number of fused-ring (bicyclic) bond motifs is 2. The normalized spacial score (nSPS) is 11.2. The zero-order valence-electron chi connectivity index (χ0n) is 16.9. The Balaban J connectivity index is 1.62. The fourth-order valence-corrected chi connectivity index (χ4v) is 3.65. The van der Waals surface area contributed by atoms with Crippen molar-refractivity contribution in [3.8, 4) is 0 Å². The zero-order chi connectivity index (χ0) is 22.8. The number of hydrogen-bond donors (Lipinski definition) is 2. The number of benzene rings is 2. The van der Waals surface area contributed by atoms with E-state index < -0.39 is 23.6 Å². The molecule has 0 aliphatic carbocycles. The van der Waals surface area contributed by atoms with Gasteiger partial charge in [0.15, 0.2) is 11.6 Å². The van der Waals surface area contributed by atoms with Crippen LogP contribution in [-0.2, 0) is 22.4 Å². The fraction of sp³-hybridized carbons (Fsp3) is 0.182. The van der Waals surface area contributed by atoms with E-state index in [0.29, 0.717) is 47.8 Å². The van der Waals surface area contributed by atoms with Crippen LogP contribution in [0.3, 0.4) is 0 Å². The van der Waals surface area contributed by atoms with Gasteiger partial charge in [0.25, 0.3) is 0 Å². The molecule has 4 N–H and O–H groups in total. The van der Waals surface area contributed by atoms with Crippen molar-refractivity contribution in [2.45, 2.75) is 12.8 Å². The fourth-order valence-electron chi connectivity index (χ4n) is 3.65. The summed E-state index contributed by atoms with van der Waals surface area (Å²) in [5.41, 5.74) is 12.4. The van der Waals surface area contributed by atoms with Crippen molar-refractivity contribution in [1.82, 2.24) is 9.46 Å². The molecule has 4 aromatic rings. The minimum Gasteiger partial charge on any atom is -0.330 e. The van der Waals surface area contributed by atoms with E-state index in [1.165, 1.54) is 36.7 Å². The summed E-state index contributed by atoms with van der Waals surface area (Å²) in [5.74, 6) is -4.11. The van der Waals surface area contributed by atoms with E-state index in [1.54, 1.807) is 12.1 Å². The highest BCUT2D eigenvalue weighted by molar-refractivity contribution is 6.30. The average molecular weight is 442 g/mol. The second-order valence-corrected chi connectivity index (χ2v) is 7.07. The van der Waals surface area contributed by atoms with Crippen LogP contribution in [0.4, 0.5) is 8.78 Å². The van der Waals surface area contributed by atoms with Gasteiger partial charge in [0, 0.05) is 23.2 Å². The Morgan fingerprint density at radius 3 is 1.53 bits per heavy atom. The van der Waals surface area contributed by atoms with Crippen LogP contribution in [-0.4, -0.2) is 34.5 Å². The van der Waals surface area contributed by atoms with Crippen molar-refractivity contribution in [3.05, 3.63) is 71.6 Å². The summed E-state index contributed by atoms with van der Waals surface area (Å²) in [4.78, 5) is 34.9. The summed E-state index contributed by atoms with van der Waals surface area (Å²) in [6.45, 7) is 0.589. The van der Waals surface area contributed by atoms with Gasteiger partial charge in [0.2, 0.25) is 0 Å². The molecule has 0 saturated carbocycles. The summed E-state index contributed by atoms with van der Waals surface area (Å²) in [7, 11) is 0. The number of rotatable bonds is 6. The highest BCUT2D eigenvalue weighted by atomic mass is 19.1. The van der Waals surface area contributed by atoms with Crippen LogP contribution in [0.25, 0.3) is 21.8 Å². The van der Waals surface area contributed by atoms with Crippen molar-refractivity contribution in [2.75, 3.05) is 13.1 Å². The molecule has 2 aromatic carbocycles. The molecule has 0 spiro atoms. The largest absolute Gasteiger partial charge is 0.444 e. The maximum Gasteiger partial charge on any atom is 0.444 e. The minimum absolute atomic E-state index is 0.0141. The maximum absolute atomic E-state index is 14.4. The number of para-hydroxylation sites is 2. The van der Waals surface area contributed by atoms with Crippen LogP contribution in [0.1, 0.15) is 11.1 Å². The van der Waals surface area contributed by atoms with E-state index in [-0.39, 0.29) is 11.0 Å². The van der Waals surface area contributed by atoms with Gasteiger partial charge < -0.3 is 21.1 Å². The molecule has 0 aliphatic rings. The number of hydrogen-bond acceptors (Lipinski definition) is 6. The molecule has 166 valence electrons. The second kappa shape index (κ2) is 8.77. The van der Waals surface area contributed by atoms with Crippen LogP contribution >= 0.6 is 0 Å². The Bertz CT molecular complexity index is 1230. The molecule has 0 unspecified atom stereocenters. The standard InChI is InChI=1S/C22H20F2N4O4/c23-17-5-1-3-15-13(7-9-25)11-27(19(15)17)31-21(29)22(30)32-28-12-14(8-10-26)16-4-2-6-18(24)20(16)28/h1-6,11-12H,7-10,25-26H2. The van der Waals surface area contributed by atoms with Gasteiger partial charge in [0.1, 0.15) is 11.0 Å². The Labute approximate surface area is 180 Å². The Hall–Kier alpha value is -3.76. The number of nitrogens with zero attached hydrogens (tertiary/aromatic N) is 2. The van der Waals surface area contributed by atoms with Crippen LogP contribution in [0.15, 0.2) is 48.8 Å². The molecular formula is C22H20F2N4O4. The third-order valence-electron chi connectivity index (χ3n) is 5.01. The molecule has 10 heteroatoms. The highest BCUT2D eigenvalue weighted by Crippen LogP contribution is 2.25. The lowest BCUT2D eigenvalue weighted by atomic mass is 10.1. The third kappa shape index (κ3) is 3.81. The van der Waals surface area contributed by atoms with Gasteiger partial charge in [0.05, 0.1) is 0 Å². The van der Waals surface area contributed by atoms with Crippen molar-refractivity contribution >= 4 is 33.7 Å². The number of carbonyl (C=O) groups excluding carboxylic acids is 2. The first-order valence-corrected chi connectivity index (χ1v) is 9.86. The number of halogens is 2. The first kappa shape index (κ1) is 21.5.